The van der Waals surface area contributed by atoms with Gasteiger partial charge in [-0.3, -0.25) is 0 Å². The molecule has 0 aliphatic heterocycles. The van der Waals surface area contributed by atoms with Crippen molar-refractivity contribution >= 4 is 11.9 Å². The van der Waals surface area contributed by atoms with Gasteiger partial charge >= 0.3 is 17.3 Å². The Morgan fingerprint density at radius 1 is 0.970 bits per heavy atom. The van der Waals surface area contributed by atoms with Crippen LogP contribution in [0.15, 0.2) is 52.1 Å². The third-order valence-electron chi connectivity index (χ3n) is 5.60. The lowest BCUT2D eigenvalue weighted by Gasteiger charge is -2.26. The van der Waals surface area contributed by atoms with Crippen molar-refractivity contribution in [3.05, 3.63) is 85.7 Å². The van der Waals surface area contributed by atoms with Crippen molar-refractivity contribution < 1.29 is 9.90 Å². The average molecular weight is 451 g/mol. The molecule has 0 amide bonds. The fourth-order valence-electron chi connectivity index (χ4n) is 3.75. The van der Waals surface area contributed by atoms with Crippen molar-refractivity contribution in [3.8, 4) is 5.69 Å². The summed E-state index contributed by atoms with van der Waals surface area (Å²) in [6.07, 6.45) is 1.64. The van der Waals surface area contributed by atoms with Crippen molar-refractivity contribution in [2.75, 3.05) is 18.0 Å². The Bertz CT molecular complexity index is 1250. The lowest BCUT2D eigenvalue weighted by atomic mass is 10.1. The van der Waals surface area contributed by atoms with Crippen LogP contribution in [-0.4, -0.2) is 38.3 Å². The number of anilines is 1. The Kier molecular flexibility index (Phi) is 7.48. The summed E-state index contributed by atoms with van der Waals surface area (Å²) in [6.45, 7) is 9.40. The maximum absolute atomic E-state index is 13.6. The number of aromatic nitrogens is 3. The first-order valence-corrected chi connectivity index (χ1v) is 11.2. The quantitative estimate of drug-likeness (QED) is 0.537. The molecule has 174 valence electrons. The van der Waals surface area contributed by atoms with Crippen molar-refractivity contribution in [2.24, 2.45) is 0 Å². The molecule has 2 aromatic carbocycles. The van der Waals surface area contributed by atoms with Crippen LogP contribution in [0.4, 0.5) is 5.95 Å². The van der Waals surface area contributed by atoms with Crippen LogP contribution in [0.1, 0.15) is 53.7 Å². The fourth-order valence-corrected chi connectivity index (χ4v) is 3.75. The van der Waals surface area contributed by atoms with E-state index in [9.17, 15) is 19.5 Å². The van der Waals surface area contributed by atoms with Crippen LogP contribution in [0, 0.1) is 13.8 Å². The van der Waals surface area contributed by atoms with Crippen LogP contribution in [0.2, 0.25) is 0 Å². The van der Waals surface area contributed by atoms with Gasteiger partial charge in [-0.15, -0.1) is 0 Å². The lowest BCUT2D eigenvalue weighted by molar-refractivity contribution is 0.0697. The molecule has 0 bridgehead atoms. The van der Waals surface area contributed by atoms with E-state index in [1.54, 1.807) is 12.1 Å². The number of nitrogens with zero attached hydrogens (tertiary/aromatic N) is 4. The van der Waals surface area contributed by atoms with Gasteiger partial charge in [0.1, 0.15) is 0 Å². The van der Waals surface area contributed by atoms with Gasteiger partial charge in [-0.05, 0) is 67.6 Å². The molecule has 0 spiro atoms. The SMILES string of the molecule is CCCN(CCC)c1nc(=O)n(Cc2ccc(C)c(C)c2)c(=O)n1-c1ccc(C(=O)O)cc1. The third-order valence-corrected chi connectivity index (χ3v) is 5.60. The minimum Gasteiger partial charge on any atom is -0.478 e. The van der Waals surface area contributed by atoms with Crippen LogP contribution in [0.25, 0.3) is 5.69 Å². The summed E-state index contributed by atoms with van der Waals surface area (Å²) in [5.74, 6) is -0.779. The fraction of sp³-hybridized carbons (Fsp3) is 0.360. The molecule has 0 saturated carbocycles. The molecule has 0 aliphatic carbocycles. The molecule has 33 heavy (non-hydrogen) atoms. The molecule has 3 aromatic rings. The van der Waals surface area contributed by atoms with E-state index < -0.39 is 17.3 Å². The Balaban J connectivity index is 2.22. The van der Waals surface area contributed by atoms with Crippen LogP contribution < -0.4 is 16.3 Å². The van der Waals surface area contributed by atoms with Crippen molar-refractivity contribution in [1.29, 1.82) is 0 Å². The summed E-state index contributed by atoms with van der Waals surface area (Å²) in [5, 5.41) is 9.24. The molecule has 0 fully saturated rings. The summed E-state index contributed by atoms with van der Waals surface area (Å²) < 4.78 is 2.52. The Morgan fingerprint density at radius 3 is 2.15 bits per heavy atom. The number of hydrogen-bond donors (Lipinski definition) is 1. The maximum Gasteiger partial charge on any atom is 0.355 e. The normalized spacial score (nSPS) is 10.9. The van der Waals surface area contributed by atoms with E-state index in [2.05, 4.69) is 4.98 Å². The Labute approximate surface area is 192 Å². The van der Waals surface area contributed by atoms with Gasteiger partial charge < -0.3 is 10.0 Å². The first kappa shape index (κ1) is 24.0. The molecule has 8 heteroatoms. The topological polar surface area (TPSA) is 97.4 Å². The van der Waals surface area contributed by atoms with E-state index >= 15 is 0 Å². The zero-order valence-electron chi connectivity index (χ0n) is 19.5. The summed E-state index contributed by atoms with van der Waals surface area (Å²) in [7, 11) is 0. The zero-order chi connectivity index (χ0) is 24.1. The second-order valence-corrected chi connectivity index (χ2v) is 8.16. The Morgan fingerprint density at radius 2 is 1.61 bits per heavy atom. The second-order valence-electron chi connectivity index (χ2n) is 8.16. The molecule has 0 atom stereocenters. The second kappa shape index (κ2) is 10.3. The standard InChI is InChI=1S/C25H30N4O4/c1-5-13-27(14-6-2)23-26-24(32)28(16-19-8-7-17(3)18(4)15-19)25(33)29(23)21-11-9-20(10-12-21)22(30)31/h7-12,15H,5-6,13-14,16H2,1-4H3,(H,30,31). The molecular formula is C25H30N4O4. The van der Waals surface area contributed by atoms with Gasteiger partial charge in [0.25, 0.3) is 0 Å². The predicted octanol–water partition coefficient (Wildman–Crippen LogP) is 3.38. The first-order valence-electron chi connectivity index (χ1n) is 11.2. The minimum atomic E-state index is -1.05. The number of benzene rings is 2. The van der Waals surface area contributed by atoms with Crippen LogP contribution in [0.3, 0.4) is 0 Å². The number of hydrogen-bond acceptors (Lipinski definition) is 5. The summed E-state index contributed by atoms with van der Waals surface area (Å²) >= 11 is 0. The maximum atomic E-state index is 13.6. The van der Waals surface area contributed by atoms with Gasteiger partial charge in [0.15, 0.2) is 0 Å². The van der Waals surface area contributed by atoms with E-state index in [-0.39, 0.29) is 18.1 Å². The molecule has 1 heterocycles. The highest BCUT2D eigenvalue weighted by atomic mass is 16.4. The van der Waals surface area contributed by atoms with Crippen LogP contribution >= 0.6 is 0 Å². The van der Waals surface area contributed by atoms with Crippen LogP contribution in [0.5, 0.6) is 0 Å². The van der Waals surface area contributed by atoms with E-state index in [4.69, 9.17) is 0 Å². The summed E-state index contributed by atoms with van der Waals surface area (Å²) in [6, 6.07) is 11.8. The molecule has 8 nitrogen and oxygen atoms in total. The summed E-state index contributed by atoms with van der Waals surface area (Å²) in [4.78, 5) is 44.2. The van der Waals surface area contributed by atoms with Gasteiger partial charge in [-0.2, -0.15) is 4.98 Å². The largest absolute Gasteiger partial charge is 0.478 e. The molecule has 0 unspecified atom stereocenters. The molecular weight excluding hydrogens is 420 g/mol. The summed E-state index contributed by atoms with van der Waals surface area (Å²) in [5.41, 5.74) is 2.49. The molecule has 1 aromatic heterocycles. The van der Waals surface area contributed by atoms with E-state index in [0.717, 1.165) is 34.1 Å². The molecule has 0 saturated heterocycles. The predicted molar refractivity (Wildman–Crippen MR) is 129 cm³/mol. The van der Waals surface area contributed by atoms with Gasteiger partial charge in [0.2, 0.25) is 5.95 Å². The smallest absolute Gasteiger partial charge is 0.355 e. The number of carboxylic acid groups (broad SMARTS) is 1. The van der Waals surface area contributed by atoms with Crippen molar-refractivity contribution in [3.63, 3.8) is 0 Å². The average Bonchev–Trinajstić information content (AvgIpc) is 2.78. The van der Waals surface area contributed by atoms with Crippen molar-refractivity contribution in [2.45, 2.75) is 47.1 Å². The third kappa shape index (κ3) is 5.22. The molecule has 3 rings (SSSR count). The van der Waals surface area contributed by atoms with E-state index in [1.165, 1.54) is 16.7 Å². The molecule has 0 aliphatic rings. The lowest BCUT2D eigenvalue weighted by Crippen LogP contribution is -2.45. The number of carboxylic acids is 1. The van der Waals surface area contributed by atoms with Gasteiger partial charge in [-0.1, -0.05) is 32.0 Å². The highest BCUT2D eigenvalue weighted by molar-refractivity contribution is 5.87. The number of aryl methyl sites for hydroxylation is 2. The van der Waals surface area contributed by atoms with Crippen molar-refractivity contribution in [1.82, 2.24) is 14.1 Å². The van der Waals surface area contributed by atoms with Gasteiger partial charge in [-0.25, -0.2) is 23.5 Å². The minimum absolute atomic E-state index is 0.0980. The highest BCUT2D eigenvalue weighted by Gasteiger charge is 2.20. The van der Waals surface area contributed by atoms with E-state index in [1.807, 2.05) is 50.8 Å². The zero-order valence-corrected chi connectivity index (χ0v) is 19.5. The first-order chi connectivity index (χ1) is 15.8. The number of rotatable bonds is 9. The number of carbonyl (C=O) groups is 1. The number of aromatic carboxylic acids is 1. The van der Waals surface area contributed by atoms with E-state index in [0.29, 0.717) is 18.8 Å². The Hall–Kier alpha value is -3.68. The van der Waals surface area contributed by atoms with Gasteiger partial charge in [0, 0.05) is 13.1 Å². The monoisotopic (exact) mass is 450 g/mol. The molecule has 0 radical (unpaired) electrons. The molecule has 1 N–H and O–H groups in total. The highest BCUT2D eigenvalue weighted by Crippen LogP contribution is 2.17. The van der Waals surface area contributed by atoms with Gasteiger partial charge in [0.05, 0.1) is 17.8 Å². The van der Waals surface area contributed by atoms with Crippen LogP contribution in [-0.2, 0) is 6.54 Å².